The van der Waals surface area contributed by atoms with Crippen molar-refractivity contribution in [2.45, 2.75) is 46.0 Å². The first-order valence-electron chi connectivity index (χ1n) is 6.98. The number of aliphatic hydroxyl groups is 1. The van der Waals surface area contributed by atoms with E-state index in [2.05, 4.69) is 22.2 Å². The van der Waals surface area contributed by atoms with E-state index in [9.17, 15) is 5.11 Å². The molecule has 0 unspecified atom stereocenters. The number of hydrogen-bond acceptors (Lipinski definition) is 4. The molecule has 1 aromatic heterocycles. The topological polar surface area (TPSA) is 58.0 Å². The molecular formula is C14H22ClN3O. The maximum atomic E-state index is 9.18. The fraction of sp³-hybridized carbons (Fsp3) is 0.714. The average molecular weight is 284 g/mol. The Hall–Kier alpha value is -0.870. The van der Waals surface area contributed by atoms with Crippen LogP contribution in [-0.2, 0) is 6.42 Å². The zero-order valence-corrected chi connectivity index (χ0v) is 12.4. The highest BCUT2D eigenvalue weighted by atomic mass is 35.5. The molecule has 2 rings (SSSR count). The Morgan fingerprint density at radius 1 is 1.37 bits per heavy atom. The third kappa shape index (κ3) is 3.18. The summed E-state index contributed by atoms with van der Waals surface area (Å²) in [6.07, 6.45) is 5.29. The van der Waals surface area contributed by atoms with E-state index in [4.69, 9.17) is 11.6 Å². The molecule has 1 fully saturated rings. The van der Waals surface area contributed by atoms with Gasteiger partial charge < -0.3 is 10.4 Å². The lowest BCUT2D eigenvalue weighted by Crippen LogP contribution is -2.37. The van der Waals surface area contributed by atoms with E-state index in [1.165, 1.54) is 19.3 Å². The van der Waals surface area contributed by atoms with Crippen LogP contribution in [0.5, 0.6) is 0 Å². The predicted octanol–water partition coefficient (Wildman–Crippen LogP) is 2.97. The van der Waals surface area contributed by atoms with Crippen LogP contribution >= 0.6 is 11.6 Å². The highest BCUT2D eigenvalue weighted by Crippen LogP contribution is 2.43. The Kier molecular flexibility index (Phi) is 4.63. The van der Waals surface area contributed by atoms with Crippen molar-refractivity contribution in [3.8, 4) is 0 Å². The fourth-order valence-electron chi connectivity index (χ4n) is 2.72. The first-order chi connectivity index (χ1) is 9.10. The minimum Gasteiger partial charge on any atom is -0.396 e. The second-order valence-corrected chi connectivity index (χ2v) is 5.78. The highest BCUT2D eigenvalue weighted by Gasteiger charge is 2.36. The highest BCUT2D eigenvalue weighted by molar-refractivity contribution is 6.30. The van der Waals surface area contributed by atoms with Gasteiger partial charge in [-0.25, -0.2) is 9.97 Å². The Morgan fingerprint density at radius 2 is 2.11 bits per heavy atom. The van der Waals surface area contributed by atoms with Crippen molar-refractivity contribution in [3.05, 3.63) is 16.5 Å². The lowest BCUT2D eigenvalue weighted by atomic mass is 9.67. The monoisotopic (exact) mass is 283 g/mol. The van der Waals surface area contributed by atoms with Gasteiger partial charge in [-0.2, -0.15) is 0 Å². The first-order valence-corrected chi connectivity index (χ1v) is 7.36. The summed E-state index contributed by atoms with van der Waals surface area (Å²) in [6, 6.07) is 0. The summed E-state index contributed by atoms with van der Waals surface area (Å²) in [4.78, 5) is 8.65. The number of aryl methyl sites for hydroxylation is 1. The Labute approximate surface area is 119 Å². The minimum absolute atomic E-state index is 0.241. The Morgan fingerprint density at radius 3 is 2.63 bits per heavy atom. The van der Waals surface area contributed by atoms with E-state index < -0.39 is 0 Å². The van der Waals surface area contributed by atoms with Gasteiger partial charge >= 0.3 is 0 Å². The van der Waals surface area contributed by atoms with Crippen LogP contribution in [0.4, 0.5) is 5.82 Å². The molecule has 0 atom stereocenters. The van der Waals surface area contributed by atoms with Crippen molar-refractivity contribution in [3.63, 3.8) is 0 Å². The summed E-state index contributed by atoms with van der Waals surface area (Å²) >= 11 is 6.16. The van der Waals surface area contributed by atoms with Gasteiger partial charge in [0, 0.05) is 18.7 Å². The minimum atomic E-state index is 0.241. The summed E-state index contributed by atoms with van der Waals surface area (Å²) in [5.74, 6) is 1.54. The first kappa shape index (κ1) is 14.5. The molecule has 1 aliphatic carbocycles. The number of hydrogen-bond donors (Lipinski definition) is 2. The van der Waals surface area contributed by atoms with Crippen molar-refractivity contribution in [1.82, 2.24) is 9.97 Å². The zero-order valence-electron chi connectivity index (χ0n) is 11.7. The van der Waals surface area contributed by atoms with E-state index in [1.54, 1.807) is 0 Å². The number of nitrogens with zero attached hydrogens (tertiary/aromatic N) is 2. The molecule has 0 aliphatic heterocycles. The van der Waals surface area contributed by atoms with Crippen molar-refractivity contribution in [1.29, 1.82) is 0 Å². The summed E-state index contributed by atoms with van der Waals surface area (Å²) < 4.78 is 0. The molecule has 0 spiro atoms. The molecule has 1 aliphatic rings. The number of anilines is 1. The van der Waals surface area contributed by atoms with E-state index in [0.29, 0.717) is 11.0 Å². The van der Waals surface area contributed by atoms with Gasteiger partial charge in [-0.05, 0) is 38.0 Å². The van der Waals surface area contributed by atoms with Crippen LogP contribution in [0, 0.1) is 12.3 Å². The predicted molar refractivity (Wildman–Crippen MR) is 77.6 cm³/mol. The van der Waals surface area contributed by atoms with Gasteiger partial charge in [-0.3, -0.25) is 0 Å². The molecule has 0 aromatic carbocycles. The molecule has 0 amide bonds. The van der Waals surface area contributed by atoms with Crippen molar-refractivity contribution >= 4 is 17.4 Å². The molecule has 1 aromatic rings. The maximum Gasteiger partial charge on any atom is 0.138 e. The number of halogens is 1. The summed E-state index contributed by atoms with van der Waals surface area (Å²) in [6.45, 7) is 5.01. The lowest BCUT2D eigenvalue weighted by molar-refractivity contribution is 0.101. The second kappa shape index (κ2) is 6.06. The Balaban J connectivity index is 2.10. The fourth-order valence-corrected chi connectivity index (χ4v) is 3.07. The van der Waals surface area contributed by atoms with Gasteiger partial charge in [0.15, 0.2) is 0 Å². The van der Waals surface area contributed by atoms with Gasteiger partial charge in [-0.15, -0.1) is 0 Å². The molecular weight excluding hydrogens is 262 g/mol. The zero-order chi connectivity index (χ0) is 13.9. The normalized spacial score (nSPS) is 17.1. The third-order valence-corrected chi connectivity index (χ3v) is 4.42. The van der Waals surface area contributed by atoms with E-state index in [0.717, 1.165) is 30.8 Å². The standard InChI is InChI=1S/C14H22ClN3O/c1-3-11-12(15)17-10(2)18-13(11)16-9-14(7-8-19)5-4-6-14/h19H,3-9H2,1-2H3,(H,16,17,18). The van der Waals surface area contributed by atoms with Crippen LogP contribution < -0.4 is 5.32 Å². The molecule has 0 radical (unpaired) electrons. The van der Waals surface area contributed by atoms with Crippen LogP contribution in [0.2, 0.25) is 5.15 Å². The van der Waals surface area contributed by atoms with E-state index in [-0.39, 0.29) is 12.0 Å². The molecule has 1 saturated carbocycles. The van der Waals surface area contributed by atoms with Crippen LogP contribution in [0.15, 0.2) is 0 Å². The number of aliphatic hydroxyl groups excluding tert-OH is 1. The molecule has 0 saturated heterocycles. The summed E-state index contributed by atoms with van der Waals surface area (Å²) in [5, 5.41) is 13.1. The molecule has 19 heavy (non-hydrogen) atoms. The van der Waals surface area contributed by atoms with Crippen molar-refractivity contribution in [2.24, 2.45) is 5.41 Å². The van der Waals surface area contributed by atoms with Gasteiger partial charge in [0.25, 0.3) is 0 Å². The summed E-state index contributed by atoms with van der Waals surface area (Å²) in [7, 11) is 0. The van der Waals surface area contributed by atoms with E-state index >= 15 is 0 Å². The molecule has 0 bridgehead atoms. The molecule has 106 valence electrons. The van der Waals surface area contributed by atoms with Gasteiger partial charge in [0.1, 0.15) is 16.8 Å². The number of aromatic nitrogens is 2. The SMILES string of the molecule is CCc1c(Cl)nc(C)nc1NCC1(CCO)CCC1. The van der Waals surface area contributed by atoms with Gasteiger partial charge in [0.05, 0.1) is 0 Å². The largest absolute Gasteiger partial charge is 0.396 e. The molecule has 1 heterocycles. The maximum absolute atomic E-state index is 9.18. The lowest BCUT2D eigenvalue weighted by Gasteiger charge is -2.42. The van der Waals surface area contributed by atoms with Crippen LogP contribution in [0.3, 0.4) is 0 Å². The van der Waals surface area contributed by atoms with Gasteiger partial charge in [-0.1, -0.05) is 24.9 Å². The van der Waals surface area contributed by atoms with Crippen molar-refractivity contribution < 1.29 is 5.11 Å². The molecule has 4 nitrogen and oxygen atoms in total. The van der Waals surface area contributed by atoms with Crippen LogP contribution in [0.1, 0.15) is 44.0 Å². The van der Waals surface area contributed by atoms with Crippen LogP contribution in [0.25, 0.3) is 0 Å². The number of rotatable bonds is 6. The second-order valence-electron chi connectivity index (χ2n) is 5.42. The third-order valence-electron chi connectivity index (χ3n) is 4.11. The molecule has 2 N–H and O–H groups in total. The average Bonchev–Trinajstić information content (AvgIpc) is 2.32. The smallest absolute Gasteiger partial charge is 0.138 e. The summed E-state index contributed by atoms with van der Waals surface area (Å²) in [5.41, 5.74) is 1.22. The quantitative estimate of drug-likeness (QED) is 0.788. The number of nitrogens with one attached hydrogen (secondary N) is 1. The van der Waals surface area contributed by atoms with Gasteiger partial charge in [0.2, 0.25) is 0 Å². The van der Waals surface area contributed by atoms with Crippen LogP contribution in [-0.4, -0.2) is 28.2 Å². The molecule has 5 heteroatoms. The van der Waals surface area contributed by atoms with Crippen molar-refractivity contribution in [2.75, 3.05) is 18.5 Å². The van der Waals surface area contributed by atoms with E-state index in [1.807, 2.05) is 6.92 Å². The Bertz CT molecular complexity index is 447.